The van der Waals surface area contributed by atoms with Crippen LogP contribution in [0.1, 0.15) is 11.1 Å². The molecule has 0 amide bonds. The molecule has 0 aromatic heterocycles. The molecule has 2 heteroatoms. The van der Waals surface area contributed by atoms with E-state index < -0.39 is 0 Å². The largest absolute Gasteiger partial charge is 0.398 e. The van der Waals surface area contributed by atoms with Gasteiger partial charge in [-0.1, -0.05) is 54.1 Å². The Bertz CT molecular complexity index is 500. The van der Waals surface area contributed by atoms with E-state index in [9.17, 15) is 0 Å². The lowest BCUT2D eigenvalue weighted by atomic mass is 10.1. The average Bonchev–Trinajstić information content (AvgIpc) is 2.30. The van der Waals surface area contributed by atoms with Crippen LogP contribution in [0.25, 0.3) is 12.2 Å². The van der Waals surface area contributed by atoms with Crippen LogP contribution >= 0.6 is 11.6 Å². The minimum absolute atomic E-state index is 0.747. The number of rotatable bonds is 2. The zero-order valence-electron chi connectivity index (χ0n) is 8.73. The zero-order valence-corrected chi connectivity index (χ0v) is 9.48. The maximum atomic E-state index is 5.84. The molecule has 0 radical (unpaired) electrons. The number of hydrogen-bond donors (Lipinski definition) is 1. The van der Waals surface area contributed by atoms with Crippen LogP contribution in [-0.4, -0.2) is 0 Å². The topological polar surface area (TPSA) is 26.0 Å². The fourth-order valence-electron chi connectivity index (χ4n) is 1.42. The molecule has 0 spiro atoms. The van der Waals surface area contributed by atoms with Gasteiger partial charge in [0.05, 0.1) is 0 Å². The van der Waals surface area contributed by atoms with Crippen LogP contribution in [0.15, 0.2) is 48.5 Å². The lowest BCUT2D eigenvalue weighted by Gasteiger charge is -1.98. The van der Waals surface area contributed by atoms with E-state index in [0.29, 0.717) is 0 Å². The first-order chi connectivity index (χ1) is 7.75. The Morgan fingerprint density at radius 2 is 1.56 bits per heavy atom. The van der Waals surface area contributed by atoms with Crippen molar-refractivity contribution in [2.75, 3.05) is 5.73 Å². The highest BCUT2D eigenvalue weighted by Crippen LogP contribution is 2.16. The van der Waals surface area contributed by atoms with E-state index in [1.54, 1.807) is 0 Å². The van der Waals surface area contributed by atoms with Gasteiger partial charge in [0.15, 0.2) is 0 Å². The van der Waals surface area contributed by atoms with Crippen LogP contribution in [0, 0.1) is 0 Å². The second-order valence-electron chi connectivity index (χ2n) is 3.51. The Labute approximate surface area is 100 Å². The van der Waals surface area contributed by atoms with E-state index in [2.05, 4.69) is 0 Å². The van der Waals surface area contributed by atoms with Crippen molar-refractivity contribution in [2.24, 2.45) is 0 Å². The van der Waals surface area contributed by atoms with Crippen LogP contribution in [0.3, 0.4) is 0 Å². The van der Waals surface area contributed by atoms with Crippen LogP contribution in [0.4, 0.5) is 5.69 Å². The summed E-state index contributed by atoms with van der Waals surface area (Å²) in [6, 6.07) is 15.5. The van der Waals surface area contributed by atoms with E-state index in [4.69, 9.17) is 17.3 Å². The number of anilines is 1. The van der Waals surface area contributed by atoms with Crippen LogP contribution in [-0.2, 0) is 0 Å². The fraction of sp³-hybridized carbons (Fsp3) is 0. The molecule has 0 unspecified atom stereocenters. The minimum Gasteiger partial charge on any atom is -0.398 e. The second kappa shape index (κ2) is 4.86. The van der Waals surface area contributed by atoms with Gasteiger partial charge >= 0.3 is 0 Å². The molecule has 0 fully saturated rings. The summed E-state index contributed by atoms with van der Waals surface area (Å²) in [6.45, 7) is 0. The zero-order chi connectivity index (χ0) is 11.4. The van der Waals surface area contributed by atoms with E-state index >= 15 is 0 Å². The van der Waals surface area contributed by atoms with Gasteiger partial charge in [0.2, 0.25) is 0 Å². The lowest BCUT2D eigenvalue weighted by Crippen LogP contribution is -1.87. The molecule has 0 heterocycles. The quantitative estimate of drug-likeness (QED) is 0.609. The molecule has 16 heavy (non-hydrogen) atoms. The third-order valence-corrected chi connectivity index (χ3v) is 2.57. The Morgan fingerprint density at radius 1 is 0.875 bits per heavy atom. The van der Waals surface area contributed by atoms with Gasteiger partial charge in [-0.2, -0.15) is 0 Å². The summed E-state index contributed by atoms with van der Waals surface area (Å²) in [6.07, 6.45) is 4.01. The summed E-state index contributed by atoms with van der Waals surface area (Å²) in [5.74, 6) is 0. The Balaban J connectivity index is 2.21. The van der Waals surface area contributed by atoms with Crippen molar-refractivity contribution in [1.29, 1.82) is 0 Å². The third-order valence-electron chi connectivity index (χ3n) is 2.32. The van der Waals surface area contributed by atoms with Gasteiger partial charge in [-0.15, -0.1) is 0 Å². The fourth-order valence-corrected chi connectivity index (χ4v) is 1.55. The average molecular weight is 230 g/mol. The number of halogens is 1. The Morgan fingerprint density at radius 3 is 2.25 bits per heavy atom. The molecule has 0 aliphatic rings. The van der Waals surface area contributed by atoms with Gasteiger partial charge in [0.1, 0.15) is 0 Å². The number of nitrogen functional groups attached to an aromatic ring is 1. The van der Waals surface area contributed by atoms with Gasteiger partial charge in [0.25, 0.3) is 0 Å². The molecule has 0 saturated heterocycles. The minimum atomic E-state index is 0.747. The van der Waals surface area contributed by atoms with Crippen molar-refractivity contribution in [2.45, 2.75) is 0 Å². The smallest absolute Gasteiger partial charge is 0.0406 e. The first-order valence-corrected chi connectivity index (χ1v) is 5.42. The number of hydrogen-bond acceptors (Lipinski definition) is 1. The predicted octanol–water partition coefficient (Wildman–Crippen LogP) is 4.09. The van der Waals surface area contributed by atoms with Crippen LogP contribution in [0.2, 0.25) is 5.02 Å². The molecule has 0 bridgehead atoms. The van der Waals surface area contributed by atoms with Gasteiger partial charge in [-0.05, 0) is 29.3 Å². The molecule has 0 saturated carbocycles. The molecule has 2 aromatic rings. The standard InChI is InChI=1S/C14H12ClN/c15-13-9-6-11(7-10-13)5-8-12-3-1-2-4-14(12)16/h1-10H,16H2. The monoisotopic (exact) mass is 229 g/mol. The highest BCUT2D eigenvalue weighted by molar-refractivity contribution is 6.30. The molecule has 0 aliphatic heterocycles. The number of para-hydroxylation sites is 1. The Kier molecular flexibility index (Phi) is 3.28. The van der Waals surface area contributed by atoms with Crippen LogP contribution in [0.5, 0.6) is 0 Å². The Hall–Kier alpha value is -1.73. The number of benzene rings is 2. The maximum absolute atomic E-state index is 5.84. The highest BCUT2D eigenvalue weighted by Gasteiger charge is 1.92. The first kappa shape index (κ1) is 10.8. The molecule has 0 atom stereocenters. The summed E-state index contributed by atoms with van der Waals surface area (Å²) in [4.78, 5) is 0. The van der Waals surface area contributed by atoms with Gasteiger partial charge < -0.3 is 5.73 Å². The van der Waals surface area contributed by atoms with Crippen LogP contribution < -0.4 is 5.73 Å². The van der Waals surface area contributed by atoms with Crippen molar-refractivity contribution in [3.05, 3.63) is 64.7 Å². The van der Waals surface area contributed by atoms with E-state index in [1.165, 1.54) is 0 Å². The predicted molar refractivity (Wildman–Crippen MR) is 71.2 cm³/mol. The normalized spacial score (nSPS) is 10.8. The lowest BCUT2D eigenvalue weighted by molar-refractivity contribution is 1.63. The molecule has 2 N–H and O–H groups in total. The van der Waals surface area contributed by atoms with E-state index in [-0.39, 0.29) is 0 Å². The molecule has 1 nitrogen and oxygen atoms in total. The van der Waals surface area contributed by atoms with Gasteiger partial charge in [0, 0.05) is 10.7 Å². The van der Waals surface area contributed by atoms with Gasteiger partial charge in [-0.3, -0.25) is 0 Å². The molecule has 0 aliphatic carbocycles. The summed E-state index contributed by atoms with van der Waals surface area (Å²) < 4.78 is 0. The maximum Gasteiger partial charge on any atom is 0.0406 e. The number of nitrogens with two attached hydrogens (primary N) is 1. The van der Waals surface area contributed by atoms with Crippen molar-refractivity contribution < 1.29 is 0 Å². The SMILES string of the molecule is Nc1ccccc1C=Cc1ccc(Cl)cc1. The van der Waals surface area contributed by atoms with E-state index in [1.807, 2.05) is 60.7 Å². The third kappa shape index (κ3) is 2.65. The van der Waals surface area contributed by atoms with Crippen molar-refractivity contribution in [3.8, 4) is 0 Å². The summed E-state index contributed by atoms with van der Waals surface area (Å²) in [5.41, 5.74) is 8.75. The first-order valence-electron chi connectivity index (χ1n) is 5.04. The molecular formula is C14H12ClN. The molecular weight excluding hydrogens is 218 g/mol. The van der Waals surface area contributed by atoms with E-state index in [0.717, 1.165) is 21.8 Å². The van der Waals surface area contributed by atoms with Crippen molar-refractivity contribution in [1.82, 2.24) is 0 Å². The summed E-state index contributed by atoms with van der Waals surface area (Å²) >= 11 is 5.81. The summed E-state index contributed by atoms with van der Waals surface area (Å²) in [5, 5.41) is 0.747. The summed E-state index contributed by atoms with van der Waals surface area (Å²) in [7, 11) is 0. The second-order valence-corrected chi connectivity index (χ2v) is 3.95. The highest BCUT2D eigenvalue weighted by atomic mass is 35.5. The molecule has 80 valence electrons. The van der Waals surface area contributed by atoms with Gasteiger partial charge in [-0.25, -0.2) is 0 Å². The molecule has 2 rings (SSSR count). The van der Waals surface area contributed by atoms with Crippen molar-refractivity contribution >= 4 is 29.4 Å². The van der Waals surface area contributed by atoms with Crippen molar-refractivity contribution in [3.63, 3.8) is 0 Å². The molecule has 2 aromatic carbocycles.